The average Bonchev–Trinajstić information content (AvgIpc) is 2.94. The Morgan fingerprint density at radius 3 is 2.94 bits per heavy atom. The number of aromatic nitrogens is 3. The number of thiazole rings is 1. The molecular formula is C12H18N4S. The van der Waals surface area contributed by atoms with Crippen LogP contribution in [0.5, 0.6) is 0 Å². The van der Waals surface area contributed by atoms with E-state index in [1.807, 2.05) is 10.9 Å². The van der Waals surface area contributed by atoms with Crippen LogP contribution in [-0.2, 0) is 6.54 Å². The highest BCUT2D eigenvalue weighted by Gasteiger charge is 2.08. The fraction of sp³-hybridized carbons (Fsp3) is 0.500. The monoisotopic (exact) mass is 250 g/mol. The molecule has 2 rings (SSSR count). The van der Waals surface area contributed by atoms with Gasteiger partial charge in [-0.15, -0.1) is 11.3 Å². The molecule has 0 aliphatic heterocycles. The Hall–Kier alpha value is -1.20. The molecule has 4 nitrogen and oxygen atoms in total. The average molecular weight is 250 g/mol. The van der Waals surface area contributed by atoms with Crippen molar-refractivity contribution in [2.75, 3.05) is 6.54 Å². The standard InChI is InChI=1S/C12H18N4S/c1-4-13-6-11-8-17-12(15-11)10-5-14-16(7-10)9(2)3/h5,7-9,13H,4,6H2,1-3H3. The molecule has 0 bridgehead atoms. The normalized spacial score (nSPS) is 11.3. The SMILES string of the molecule is CCNCc1csc(-c2cnn(C(C)C)c2)n1. The van der Waals surface area contributed by atoms with Crippen molar-refractivity contribution >= 4 is 11.3 Å². The van der Waals surface area contributed by atoms with Crippen molar-refractivity contribution in [2.45, 2.75) is 33.4 Å². The molecule has 0 saturated heterocycles. The van der Waals surface area contributed by atoms with E-state index in [9.17, 15) is 0 Å². The molecule has 2 heterocycles. The number of nitrogens with zero attached hydrogens (tertiary/aromatic N) is 3. The lowest BCUT2D eigenvalue weighted by molar-refractivity contribution is 0.532. The highest BCUT2D eigenvalue weighted by atomic mass is 32.1. The molecule has 0 aliphatic rings. The van der Waals surface area contributed by atoms with Crippen molar-refractivity contribution in [1.29, 1.82) is 0 Å². The minimum Gasteiger partial charge on any atom is -0.311 e. The van der Waals surface area contributed by atoms with E-state index in [1.54, 1.807) is 11.3 Å². The van der Waals surface area contributed by atoms with Crippen LogP contribution in [0.3, 0.4) is 0 Å². The van der Waals surface area contributed by atoms with Crippen LogP contribution in [0, 0.1) is 0 Å². The highest BCUT2D eigenvalue weighted by Crippen LogP contribution is 2.23. The minimum atomic E-state index is 0.393. The molecule has 17 heavy (non-hydrogen) atoms. The summed E-state index contributed by atoms with van der Waals surface area (Å²) in [6.45, 7) is 8.15. The molecule has 0 radical (unpaired) electrons. The summed E-state index contributed by atoms with van der Waals surface area (Å²) in [6, 6.07) is 0.393. The van der Waals surface area contributed by atoms with Gasteiger partial charge in [0.05, 0.1) is 11.9 Å². The molecule has 2 aromatic rings. The Morgan fingerprint density at radius 2 is 2.29 bits per heavy atom. The first kappa shape index (κ1) is 12.3. The van der Waals surface area contributed by atoms with E-state index in [1.165, 1.54) is 0 Å². The molecule has 0 aromatic carbocycles. The molecule has 0 amide bonds. The van der Waals surface area contributed by atoms with Crippen LogP contribution in [0.15, 0.2) is 17.8 Å². The summed E-state index contributed by atoms with van der Waals surface area (Å²) in [6.07, 6.45) is 3.94. The first-order chi connectivity index (χ1) is 8.20. The lowest BCUT2D eigenvalue weighted by Gasteiger charge is -2.02. The van der Waals surface area contributed by atoms with E-state index in [0.29, 0.717) is 6.04 Å². The zero-order chi connectivity index (χ0) is 12.3. The molecule has 0 atom stereocenters. The maximum atomic E-state index is 4.59. The highest BCUT2D eigenvalue weighted by molar-refractivity contribution is 7.13. The van der Waals surface area contributed by atoms with Crippen molar-refractivity contribution in [3.05, 3.63) is 23.5 Å². The van der Waals surface area contributed by atoms with Gasteiger partial charge in [0.15, 0.2) is 0 Å². The van der Waals surface area contributed by atoms with E-state index in [2.05, 4.69) is 47.7 Å². The fourth-order valence-electron chi connectivity index (χ4n) is 1.50. The topological polar surface area (TPSA) is 42.7 Å². The van der Waals surface area contributed by atoms with Gasteiger partial charge in [-0.3, -0.25) is 4.68 Å². The van der Waals surface area contributed by atoms with Gasteiger partial charge in [0.25, 0.3) is 0 Å². The predicted octanol–water partition coefficient (Wildman–Crippen LogP) is 2.70. The molecule has 0 aliphatic carbocycles. The van der Waals surface area contributed by atoms with Crippen molar-refractivity contribution in [1.82, 2.24) is 20.1 Å². The van der Waals surface area contributed by atoms with Gasteiger partial charge in [-0.05, 0) is 20.4 Å². The lowest BCUT2D eigenvalue weighted by Crippen LogP contribution is -2.11. The third-order valence-corrected chi connectivity index (χ3v) is 3.43. The van der Waals surface area contributed by atoms with Crippen LogP contribution >= 0.6 is 11.3 Å². The summed E-state index contributed by atoms with van der Waals surface area (Å²) in [5.74, 6) is 0. The van der Waals surface area contributed by atoms with Gasteiger partial charge in [0, 0.05) is 29.7 Å². The van der Waals surface area contributed by atoms with Gasteiger partial charge in [-0.1, -0.05) is 6.92 Å². The second-order valence-electron chi connectivity index (χ2n) is 4.23. The molecule has 0 saturated carbocycles. The maximum Gasteiger partial charge on any atom is 0.126 e. The zero-order valence-electron chi connectivity index (χ0n) is 10.5. The summed E-state index contributed by atoms with van der Waals surface area (Å²) >= 11 is 1.67. The molecule has 0 spiro atoms. The Morgan fingerprint density at radius 1 is 1.47 bits per heavy atom. The molecule has 1 N–H and O–H groups in total. The second-order valence-corrected chi connectivity index (χ2v) is 5.09. The van der Waals surface area contributed by atoms with Crippen molar-refractivity contribution in [2.24, 2.45) is 0 Å². The smallest absolute Gasteiger partial charge is 0.126 e. The molecular weight excluding hydrogens is 232 g/mol. The van der Waals surface area contributed by atoms with E-state index in [0.717, 1.165) is 29.4 Å². The molecule has 5 heteroatoms. The number of hydrogen-bond donors (Lipinski definition) is 1. The van der Waals surface area contributed by atoms with Gasteiger partial charge < -0.3 is 5.32 Å². The van der Waals surface area contributed by atoms with Crippen LogP contribution in [0.25, 0.3) is 10.6 Å². The summed E-state index contributed by atoms with van der Waals surface area (Å²) < 4.78 is 1.96. The van der Waals surface area contributed by atoms with Gasteiger partial charge in [0.2, 0.25) is 0 Å². The molecule has 0 fully saturated rings. The summed E-state index contributed by atoms with van der Waals surface area (Å²) in [7, 11) is 0. The maximum absolute atomic E-state index is 4.59. The van der Waals surface area contributed by atoms with E-state index >= 15 is 0 Å². The Balaban J connectivity index is 2.13. The van der Waals surface area contributed by atoms with E-state index < -0.39 is 0 Å². The minimum absolute atomic E-state index is 0.393. The summed E-state index contributed by atoms with van der Waals surface area (Å²) in [4.78, 5) is 4.59. The van der Waals surface area contributed by atoms with Crippen LogP contribution in [0.4, 0.5) is 0 Å². The van der Waals surface area contributed by atoms with Crippen molar-refractivity contribution in [3.63, 3.8) is 0 Å². The third kappa shape index (κ3) is 2.92. The molecule has 92 valence electrons. The van der Waals surface area contributed by atoms with Crippen LogP contribution < -0.4 is 5.32 Å². The van der Waals surface area contributed by atoms with Crippen LogP contribution in [0.2, 0.25) is 0 Å². The van der Waals surface area contributed by atoms with Crippen LogP contribution in [-0.4, -0.2) is 21.3 Å². The predicted molar refractivity (Wildman–Crippen MR) is 71.1 cm³/mol. The van der Waals surface area contributed by atoms with Gasteiger partial charge in [0.1, 0.15) is 5.01 Å². The number of nitrogens with one attached hydrogen (secondary N) is 1. The number of hydrogen-bond acceptors (Lipinski definition) is 4. The molecule has 2 aromatic heterocycles. The Labute approximate surface area is 106 Å². The van der Waals surface area contributed by atoms with Crippen molar-refractivity contribution in [3.8, 4) is 10.6 Å². The van der Waals surface area contributed by atoms with E-state index in [4.69, 9.17) is 0 Å². The summed E-state index contributed by atoms with van der Waals surface area (Å²) in [5, 5.41) is 10.8. The Bertz CT molecular complexity index is 472. The van der Waals surface area contributed by atoms with Gasteiger partial charge in [-0.25, -0.2) is 4.98 Å². The quantitative estimate of drug-likeness (QED) is 0.887. The summed E-state index contributed by atoms with van der Waals surface area (Å²) in [5.41, 5.74) is 2.20. The van der Waals surface area contributed by atoms with Gasteiger partial charge >= 0.3 is 0 Å². The lowest BCUT2D eigenvalue weighted by atomic mass is 10.3. The number of rotatable bonds is 5. The fourth-order valence-corrected chi connectivity index (χ4v) is 2.30. The van der Waals surface area contributed by atoms with Crippen molar-refractivity contribution < 1.29 is 0 Å². The first-order valence-electron chi connectivity index (χ1n) is 5.90. The second kappa shape index (κ2) is 5.42. The van der Waals surface area contributed by atoms with Crippen LogP contribution in [0.1, 0.15) is 32.5 Å². The molecule has 0 unspecified atom stereocenters. The van der Waals surface area contributed by atoms with E-state index in [-0.39, 0.29) is 0 Å². The first-order valence-corrected chi connectivity index (χ1v) is 6.78. The van der Waals surface area contributed by atoms with Gasteiger partial charge in [-0.2, -0.15) is 5.10 Å². The third-order valence-electron chi connectivity index (χ3n) is 2.49. The zero-order valence-corrected chi connectivity index (χ0v) is 11.3. The largest absolute Gasteiger partial charge is 0.311 e. The Kier molecular flexibility index (Phi) is 3.91.